The molecule has 0 bridgehead atoms. The van der Waals surface area contributed by atoms with Crippen LogP contribution in [0.2, 0.25) is 0 Å². The van der Waals surface area contributed by atoms with Crippen LogP contribution in [0.3, 0.4) is 0 Å². The summed E-state index contributed by atoms with van der Waals surface area (Å²) < 4.78 is 38.4. The molecule has 0 heterocycles. The summed E-state index contributed by atoms with van der Waals surface area (Å²) in [5.41, 5.74) is 1.48. The zero-order chi connectivity index (χ0) is 23.0. The van der Waals surface area contributed by atoms with E-state index in [0.29, 0.717) is 17.2 Å². The number of nitrogens with zero attached hydrogens (tertiary/aromatic N) is 1. The average Bonchev–Trinajstić information content (AvgIpc) is 2.81. The van der Waals surface area contributed by atoms with Crippen molar-refractivity contribution in [3.63, 3.8) is 0 Å². The molecule has 0 atom stereocenters. The number of amides is 1. The van der Waals surface area contributed by atoms with E-state index >= 15 is 0 Å². The van der Waals surface area contributed by atoms with Crippen molar-refractivity contribution in [2.75, 3.05) is 31.1 Å². The van der Waals surface area contributed by atoms with Gasteiger partial charge in [0, 0.05) is 0 Å². The van der Waals surface area contributed by atoms with Gasteiger partial charge in [-0.25, -0.2) is 8.42 Å². The quantitative estimate of drug-likeness (QED) is 0.475. The van der Waals surface area contributed by atoms with Crippen LogP contribution < -0.4 is 19.1 Å². The van der Waals surface area contributed by atoms with Crippen molar-refractivity contribution in [2.24, 2.45) is 0 Å². The maximum absolute atomic E-state index is 13.3. The lowest BCUT2D eigenvalue weighted by Crippen LogP contribution is -2.41. The van der Waals surface area contributed by atoms with Gasteiger partial charge in [0.1, 0.15) is 24.7 Å². The van der Waals surface area contributed by atoms with Crippen molar-refractivity contribution in [3.8, 4) is 11.5 Å². The summed E-state index contributed by atoms with van der Waals surface area (Å²) in [4.78, 5) is 12.6. The molecule has 3 aromatic rings. The van der Waals surface area contributed by atoms with Crippen molar-refractivity contribution in [3.05, 3.63) is 84.4 Å². The lowest BCUT2D eigenvalue weighted by molar-refractivity contribution is -0.119. The number of methoxy groups -OCH3 is 1. The molecule has 0 aliphatic carbocycles. The first-order chi connectivity index (χ1) is 15.4. The predicted molar refractivity (Wildman–Crippen MR) is 124 cm³/mol. The second kappa shape index (κ2) is 10.7. The first kappa shape index (κ1) is 23.1. The van der Waals surface area contributed by atoms with Crippen molar-refractivity contribution in [2.45, 2.75) is 11.8 Å². The summed E-state index contributed by atoms with van der Waals surface area (Å²) in [5.74, 6) is 0.826. The van der Waals surface area contributed by atoms with Gasteiger partial charge in [-0.05, 0) is 61.0 Å². The standard InChI is InChI=1S/C24H26N2O5S/c1-19-7-6-10-22(17-19)31-16-15-25-24(27)18-26(20-8-4-3-5-9-20)32(28,29)23-13-11-21(30-2)12-14-23/h3-14,17H,15-16,18H2,1-2H3,(H,25,27). The molecule has 168 valence electrons. The Morgan fingerprint density at radius 2 is 1.66 bits per heavy atom. The highest BCUT2D eigenvalue weighted by atomic mass is 32.2. The molecular formula is C24H26N2O5S. The molecule has 0 radical (unpaired) electrons. The summed E-state index contributed by atoms with van der Waals surface area (Å²) in [6, 6.07) is 22.2. The molecule has 1 N–H and O–H groups in total. The Labute approximate surface area is 188 Å². The minimum Gasteiger partial charge on any atom is -0.497 e. The minimum absolute atomic E-state index is 0.0673. The lowest BCUT2D eigenvalue weighted by Gasteiger charge is -2.24. The average molecular weight is 455 g/mol. The van der Waals surface area contributed by atoms with E-state index < -0.39 is 15.9 Å². The highest BCUT2D eigenvalue weighted by Gasteiger charge is 2.27. The Morgan fingerprint density at radius 3 is 2.31 bits per heavy atom. The third-order valence-electron chi connectivity index (χ3n) is 4.66. The molecule has 0 aliphatic rings. The Morgan fingerprint density at radius 1 is 0.938 bits per heavy atom. The summed E-state index contributed by atoms with van der Waals surface area (Å²) in [6.07, 6.45) is 0. The topological polar surface area (TPSA) is 84.9 Å². The number of sulfonamides is 1. The molecule has 8 heteroatoms. The van der Waals surface area contributed by atoms with Crippen LogP contribution in [-0.2, 0) is 14.8 Å². The van der Waals surface area contributed by atoms with E-state index in [1.54, 1.807) is 42.5 Å². The van der Waals surface area contributed by atoms with Gasteiger partial charge in [0.25, 0.3) is 10.0 Å². The Bertz CT molecular complexity index is 1130. The number of benzene rings is 3. The van der Waals surface area contributed by atoms with E-state index in [2.05, 4.69) is 5.32 Å². The molecule has 0 saturated heterocycles. The second-order valence-electron chi connectivity index (χ2n) is 7.04. The van der Waals surface area contributed by atoms with Crippen molar-refractivity contribution in [1.82, 2.24) is 5.32 Å². The third-order valence-corrected chi connectivity index (χ3v) is 6.45. The fraction of sp³-hybridized carbons (Fsp3) is 0.208. The summed E-state index contributed by atoms with van der Waals surface area (Å²) >= 11 is 0. The van der Waals surface area contributed by atoms with Gasteiger partial charge < -0.3 is 14.8 Å². The van der Waals surface area contributed by atoms with Crippen LogP contribution in [0.1, 0.15) is 5.56 Å². The van der Waals surface area contributed by atoms with Crippen LogP contribution in [0.25, 0.3) is 0 Å². The molecule has 0 spiro atoms. The second-order valence-corrected chi connectivity index (χ2v) is 8.90. The smallest absolute Gasteiger partial charge is 0.264 e. The van der Waals surface area contributed by atoms with E-state index in [-0.39, 0.29) is 24.6 Å². The number of hydrogen-bond donors (Lipinski definition) is 1. The van der Waals surface area contributed by atoms with Crippen LogP contribution in [0.15, 0.2) is 83.8 Å². The van der Waals surface area contributed by atoms with E-state index in [1.807, 2.05) is 31.2 Å². The Hall–Kier alpha value is -3.52. The van der Waals surface area contributed by atoms with Gasteiger partial charge in [-0.15, -0.1) is 0 Å². The highest BCUT2D eigenvalue weighted by molar-refractivity contribution is 7.92. The maximum Gasteiger partial charge on any atom is 0.264 e. The first-order valence-corrected chi connectivity index (χ1v) is 11.5. The van der Waals surface area contributed by atoms with E-state index in [1.165, 1.54) is 19.2 Å². The molecule has 0 saturated carbocycles. The number of carbonyl (C=O) groups is 1. The zero-order valence-electron chi connectivity index (χ0n) is 18.0. The van der Waals surface area contributed by atoms with Gasteiger partial charge in [-0.2, -0.15) is 0 Å². The van der Waals surface area contributed by atoms with Crippen LogP contribution in [-0.4, -0.2) is 41.1 Å². The summed E-state index contributed by atoms with van der Waals surface area (Å²) in [6.45, 7) is 2.13. The van der Waals surface area contributed by atoms with Crippen molar-refractivity contribution >= 4 is 21.6 Å². The molecule has 3 rings (SSSR count). The molecule has 0 fully saturated rings. The fourth-order valence-corrected chi connectivity index (χ4v) is 4.46. The molecule has 0 aromatic heterocycles. The summed E-state index contributed by atoms with van der Waals surface area (Å²) in [7, 11) is -2.46. The lowest BCUT2D eigenvalue weighted by atomic mass is 10.2. The number of nitrogens with one attached hydrogen (secondary N) is 1. The number of ether oxygens (including phenoxy) is 2. The molecule has 32 heavy (non-hydrogen) atoms. The number of hydrogen-bond acceptors (Lipinski definition) is 5. The van der Waals surface area contributed by atoms with Crippen LogP contribution in [0.5, 0.6) is 11.5 Å². The highest BCUT2D eigenvalue weighted by Crippen LogP contribution is 2.24. The molecular weight excluding hydrogens is 428 g/mol. The molecule has 3 aromatic carbocycles. The zero-order valence-corrected chi connectivity index (χ0v) is 18.8. The van der Waals surface area contributed by atoms with Gasteiger partial charge in [0.2, 0.25) is 5.91 Å². The van der Waals surface area contributed by atoms with Crippen LogP contribution in [0, 0.1) is 6.92 Å². The monoisotopic (exact) mass is 454 g/mol. The van der Waals surface area contributed by atoms with Crippen molar-refractivity contribution in [1.29, 1.82) is 0 Å². The van der Waals surface area contributed by atoms with Crippen molar-refractivity contribution < 1.29 is 22.7 Å². The van der Waals surface area contributed by atoms with E-state index in [0.717, 1.165) is 9.87 Å². The number of para-hydroxylation sites is 1. The Kier molecular flexibility index (Phi) is 7.72. The first-order valence-electron chi connectivity index (χ1n) is 10.1. The number of aryl methyl sites for hydroxylation is 1. The van der Waals surface area contributed by atoms with Gasteiger partial charge in [-0.1, -0.05) is 30.3 Å². The molecule has 1 amide bonds. The van der Waals surface area contributed by atoms with Gasteiger partial charge in [0.15, 0.2) is 0 Å². The number of carbonyl (C=O) groups excluding carboxylic acids is 1. The fourth-order valence-electron chi connectivity index (χ4n) is 3.04. The Balaban J connectivity index is 1.68. The normalized spacial score (nSPS) is 10.9. The minimum atomic E-state index is -3.97. The number of anilines is 1. The maximum atomic E-state index is 13.3. The van der Waals surface area contributed by atoms with Gasteiger partial charge in [0.05, 0.1) is 24.2 Å². The van der Waals surface area contributed by atoms with Gasteiger partial charge in [-0.3, -0.25) is 9.10 Å². The number of rotatable bonds is 10. The van der Waals surface area contributed by atoms with Crippen LogP contribution >= 0.6 is 0 Å². The van der Waals surface area contributed by atoms with Crippen LogP contribution in [0.4, 0.5) is 5.69 Å². The van der Waals surface area contributed by atoms with Gasteiger partial charge >= 0.3 is 0 Å². The molecule has 0 unspecified atom stereocenters. The largest absolute Gasteiger partial charge is 0.497 e. The molecule has 0 aliphatic heterocycles. The van der Waals surface area contributed by atoms with E-state index in [9.17, 15) is 13.2 Å². The molecule has 7 nitrogen and oxygen atoms in total. The summed E-state index contributed by atoms with van der Waals surface area (Å²) in [5, 5.41) is 2.72. The predicted octanol–water partition coefficient (Wildman–Crippen LogP) is 3.39. The van der Waals surface area contributed by atoms with E-state index in [4.69, 9.17) is 9.47 Å². The third kappa shape index (κ3) is 6.01. The SMILES string of the molecule is COc1ccc(S(=O)(=O)N(CC(=O)NCCOc2cccc(C)c2)c2ccccc2)cc1.